The number of aromatic nitrogens is 1. The van der Waals surface area contributed by atoms with Crippen LogP contribution in [-0.2, 0) is 12.8 Å². The molecule has 0 amide bonds. The number of para-hydroxylation sites is 1. The molecule has 154 valence electrons. The molecule has 3 aromatic rings. The van der Waals surface area contributed by atoms with E-state index in [2.05, 4.69) is 66.3 Å². The normalized spacial score (nSPS) is 13.5. The van der Waals surface area contributed by atoms with Crippen LogP contribution in [0.4, 0.5) is 0 Å². The Morgan fingerprint density at radius 2 is 1.86 bits per heavy atom. The third kappa shape index (κ3) is 4.90. The molecule has 0 aliphatic carbocycles. The molecule has 0 fully saturated rings. The lowest BCUT2D eigenvalue weighted by Gasteiger charge is -2.15. The lowest BCUT2D eigenvalue weighted by molar-refractivity contribution is 0.319. The number of benzene rings is 2. The number of aromatic amines is 1. The summed E-state index contributed by atoms with van der Waals surface area (Å²) in [5.41, 5.74) is 7.02. The predicted octanol–water partition coefficient (Wildman–Crippen LogP) is 6.93. The zero-order valence-corrected chi connectivity index (χ0v) is 18.8. The van der Waals surface area contributed by atoms with Crippen molar-refractivity contribution >= 4 is 22.7 Å². The van der Waals surface area contributed by atoms with Crippen molar-refractivity contribution in [3.63, 3.8) is 0 Å². The van der Waals surface area contributed by atoms with Crippen molar-refractivity contribution in [3.8, 4) is 11.3 Å². The van der Waals surface area contributed by atoms with Gasteiger partial charge in [0.2, 0.25) is 0 Å². The fourth-order valence-corrected chi connectivity index (χ4v) is 5.44. The number of H-pyrrole nitrogens is 1. The summed E-state index contributed by atoms with van der Waals surface area (Å²) >= 11 is 2.00. The summed E-state index contributed by atoms with van der Waals surface area (Å²) in [6, 6.07) is 15.9. The fraction of sp³-hybridized carbons (Fsp3) is 0.462. The van der Waals surface area contributed by atoms with Crippen LogP contribution in [0.5, 0.6) is 0 Å². The highest BCUT2D eigenvalue weighted by atomic mass is 32.2. The van der Waals surface area contributed by atoms with Crippen LogP contribution in [0.25, 0.3) is 22.2 Å². The number of nitrogens with one attached hydrogen (secondary N) is 1. The standard InChI is InChI=1S/C26H34N2S/c1-3-4-16-28(2)17-9-5-6-10-20-13-14-25-23(19-20)26-22(15-18-29-25)21-11-7-8-12-24(21)27-26/h7-8,11-14,19,27H,3-6,9-10,15-18H2,1-2H3. The van der Waals surface area contributed by atoms with E-state index in [1.54, 1.807) is 0 Å². The van der Waals surface area contributed by atoms with E-state index >= 15 is 0 Å². The maximum Gasteiger partial charge on any atom is 0.0509 e. The third-order valence-corrected chi connectivity index (χ3v) is 7.21. The minimum absolute atomic E-state index is 1.14. The van der Waals surface area contributed by atoms with Crippen LogP contribution < -0.4 is 0 Å². The molecule has 29 heavy (non-hydrogen) atoms. The summed E-state index contributed by atoms with van der Waals surface area (Å²) in [6.45, 7) is 4.75. The fourth-order valence-electron chi connectivity index (χ4n) is 4.43. The summed E-state index contributed by atoms with van der Waals surface area (Å²) in [6.07, 6.45) is 8.85. The summed E-state index contributed by atoms with van der Waals surface area (Å²) in [7, 11) is 2.26. The van der Waals surface area contributed by atoms with Gasteiger partial charge >= 0.3 is 0 Å². The van der Waals surface area contributed by atoms with Crippen molar-refractivity contribution < 1.29 is 0 Å². The average Bonchev–Trinajstić information content (AvgIpc) is 3.01. The highest BCUT2D eigenvalue weighted by Crippen LogP contribution is 2.40. The Hall–Kier alpha value is -1.71. The Morgan fingerprint density at radius 3 is 2.76 bits per heavy atom. The molecular formula is C26H34N2S. The molecule has 0 spiro atoms. The van der Waals surface area contributed by atoms with Gasteiger partial charge in [-0.1, -0.05) is 44.0 Å². The van der Waals surface area contributed by atoms with Gasteiger partial charge in [-0.3, -0.25) is 0 Å². The first-order valence-corrected chi connectivity index (χ1v) is 12.3. The highest BCUT2D eigenvalue weighted by molar-refractivity contribution is 7.99. The van der Waals surface area contributed by atoms with E-state index in [-0.39, 0.29) is 0 Å². The van der Waals surface area contributed by atoms with Crippen LogP contribution in [0.1, 0.15) is 50.2 Å². The van der Waals surface area contributed by atoms with E-state index in [1.807, 2.05) is 11.8 Å². The number of hydrogen-bond donors (Lipinski definition) is 1. The number of unbranched alkanes of at least 4 members (excludes halogenated alkanes) is 3. The summed E-state index contributed by atoms with van der Waals surface area (Å²) in [5, 5.41) is 1.40. The van der Waals surface area contributed by atoms with Gasteiger partial charge in [-0.05, 0) is 81.6 Å². The molecule has 1 N–H and O–H groups in total. The monoisotopic (exact) mass is 406 g/mol. The van der Waals surface area contributed by atoms with E-state index in [4.69, 9.17) is 0 Å². The Balaban J connectivity index is 1.42. The van der Waals surface area contributed by atoms with Crippen molar-refractivity contribution in [1.29, 1.82) is 0 Å². The Bertz CT molecular complexity index is 943. The molecular weight excluding hydrogens is 372 g/mol. The van der Waals surface area contributed by atoms with Crippen LogP contribution in [0, 0.1) is 0 Å². The van der Waals surface area contributed by atoms with Gasteiger partial charge in [-0.15, -0.1) is 11.8 Å². The molecule has 0 saturated carbocycles. The summed E-state index contributed by atoms with van der Waals surface area (Å²) in [4.78, 5) is 7.64. The number of thioether (sulfide) groups is 1. The van der Waals surface area contributed by atoms with Gasteiger partial charge in [0, 0.05) is 27.1 Å². The highest BCUT2D eigenvalue weighted by Gasteiger charge is 2.19. The zero-order valence-electron chi connectivity index (χ0n) is 18.0. The van der Waals surface area contributed by atoms with E-state index < -0.39 is 0 Å². The number of hydrogen-bond acceptors (Lipinski definition) is 2. The SMILES string of the molecule is CCCCN(C)CCCCCc1ccc2c(c1)-c1[nH]c3ccccc3c1CCS2. The van der Waals surface area contributed by atoms with Gasteiger partial charge < -0.3 is 9.88 Å². The van der Waals surface area contributed by atoms with Gasteiger partial charge in [0.05, 0.1) is 5.69 Å². The maximum absolute atomic E-state index is 3.73. The lowest BCUT2D eigenvalue weighted by atomic mass is 9.99. The van der Waals surface area contributed by atoms with Gasteiger partial charge in [0.25, 0.3) is 0 Å². The molecule has 4 rings (SSSR count). The summed E-state index contributed by atoms with van der Waals surface area (Å²) in [5.74, 6) is 1.16. The van der Waals surface area contributed by atoms with Crippen molar-refractivity contribution in [1.82, 2.24) is 9.88 Å². The number of fused-ring (bicyclic) bond motifs is 5. The van der Waals surface area contributed by atoms with Crippen LogP contribution in [-0.4, -0.2) is 35.8 Å². The maximum atomic E-state index is 3.73. The largest absolute Gasteiger partial charge is 0.354 e. The molecule has 0 atom stereocenters. The van der Waals surface area contributed by atoms with Crippen LogP contribution in [0.3, 0.4) is 0 Å². The van der Waals surface area contributed by atoms with Crippen molar-refractivity contribution in [3.05, 3.63) is 53.6 Å². The molecule has 0 bridgehead atoms. The zero-order chi connectivity index (χ0) is 20.1. The van der Waals surface area contributed by atoms with Gasteiger partial charge in [-0.2, -0.15) is 0 Å². The topological polar surface area (TPSA) is 19.0 Å². The first-order chi connectivity index (χ1) is 14.3. The molecule has 2 aromatic carbocycles. The summed E-state index contributed by atoms with van der Waals surface area (Å²) < 4.78 is 0. The first-order valence-electron chi connectivity index (χ1n) is 11.3. The molecule has 1 aliphatic rings. The average molecular weight is 407 g/mol. The number of nitrogens with zero attached hydrogens (tertiary/aromatic N) is 1. The van der Waals surface area contributed by atoms with Crippen molar-refractivity contribution in [2.24, 2.45) is 0 Å². The molecule has 1 aliphatic heterocycles. The van der Waals surface area contributed by atoms with Crippen molar-refractivity contribution in [2.75, 3.05) is 25.9 Å². The van der Waals surface area contributed by atoms with E-state index in [1.165, 1.54) is 89.8 Å². The van der Waals surface area contributed by atoms with Crippen LogP contribution >= 0.6 is 11.8 Å². The Kier molecular flexibility index (Phi) is 6.99. The molecule has 0 radical (unpaired) electrons. The van der Waals surface area contributed by atoms with E-state index in [9.17, 15) is 0 Å². The molecule has 2 heterocycles. The minimum atomic E-state index is 1.14. The van der Waals surface area contributed by atoms with Gasteiger partial charge in [-0.25, -0.2) is 0 Å². The third-order valence-electron chi connectivity index (χ3n) is 6.14. The smallest absolute Gasteiger partial charge is 0.0509 e. The quantitative estimate of drug-likeness (QED) is 0.389. The number of rotatable bonds is 9. The second kappa shape index (κ2) is 9.86. The predicted molar refractivity (Wildman–Crippen MR) is 128 cm³/mol. The molecule has 2 nitrogen and oxygen atoms in total. The molecule has 0 saturated heterocycles. The minimum Gasteiger partial charge on any atom is -0.354 e. The Morgan fingerprint density at radius 1 is 1.00 bits per heavy atom. The molecule has 0 unspecified atom stereocenters. The Labute approximate surface area is 180 Å². The second-order valence-corrected chi connectivity index (χ2v) is 9.56. The lowest BCUT2D eigenvalue weighted by Crippen LogP contribution is -2.20. The van der Waals surface area contributed by atoms with E-state index in [0.29, 0.717) is 0 Å². The van der Waals surface area contributed by atoms with Crippen LogP contribution in [0.15, 0.2) is 47.4 Å². The van der Waals surface area contributed by atoms with E-state index in [0.717, 1.165) is 12.2 Å². The first kappa shape index (κ1) is 20.6. The van der Waals surface area contributed by atoms with Crippen molar-refractivity contribution in [2.45, 2.75) is 56.8 Å². The van der Waals surface area contributed by atoms with Gasteiger partial charge in [0.15, 0.2) is 0 Å². The molecule has 3 heteroatoms. The van der Waals surface area contributed by atoms with Gasteiger partial charge in [0.1, 0.15) is 0 Å². The molecule has 1 aromatic heterocycles. The second-order valence-electron chi connectivity index (χ2n) is 8.42. The van der Waals surface area contributed by atoms with Crippen LogP contribution in [0.2, 0.25) is 0 Å². The number of aryl methyl sites for hydroxylation is 2.